The minimum Gasteiger partial charge on any atom is -0.357 e. The van der Waals surface area contributed by atoms with Crippen LogP contribution < -0.4 is 10.2 Å². The van der Waals surface area contributed by atoms with E-state index in [1.165, 1.54) is 23.6 Å². The van der Waals surface area contributed by atoms with Crippen molar-refractivity contribution in [2.75, 3.05) is 23.3 Å². The lowest BCUT2D eigenvalue weighted by Crippen LogP contribution is -2.19. The molecule has 3 heterocycles. The van der Waals surface area contributed by atoms with Crippen molar-refractivity contribution in [2.24, 2.45) is 0 Å². The van der Waals surface area contributed by atoms with Gasteiger partial charge in [0.2, 0.25) is 5.82 Å². The highest BCUT2D eigenvalue weighted by Gasteiger charge is 2.19. The van der Waals surface area contributed by atoms with Crippen LogP contribution in [0.2, 0.25) is 0 Å². The van der Waals surface area contributed by atoms with Gasteiger partial charge in [-0.1, -0.05) is 19.1 Å². The molecule has 29 heavy (non-hydrogen) atoms. The van der Waals surface area contributed by atoms with Crippen molar-refractivity contribution in [3.8, 4) is 5.69 Å². The van der Waals surface area contributed by atoms with Crippen LogP contribution in [0, 0.1) is 5.82 Å². The van der Waals surface area contributed by atoms with Gasteiger partial charge in [-0.25, -0.2) is 19.0 Å². The van der Waals surface area contributed by atoms with E-state index in [1.807, 2.05) is 19.1 Å². The van der Waals surface area contributed by atoms with E-state index >= 15 is 0 Å². The SMILES string of the molecule is CCCc1nc(C(=O)Nc2ccc(N3CCCC3)nc2)nn1-c1ccccc1F. The van der Waals surface area contributed by atoms with Gasteiger partial charge in [0.05, 0.1) is 11.9 Å². The number of hydrogen-bond acceptors (Lipinski definition) is 5. The lowest BCUT2D eigenvalue weighted by molar-refractivity contribution is 0.101. The van der Waals surface area contributed by atoms with E-state index in [1.54, 1.807) is 24.4 Å². The molecule has 0 radical (unpaired) electrons. The van der Waals surface area contributed by atoms with E-state index in [0.29, 0.717) is 17.9 Å². The van der Waals surface area contributed by atoms with Gasteiger partial charge in [-0.2, -0.15) is 0 Å². The first-order valence-corrected chi connectivity index (χ1v) is 9.89. The van der Waals surface area contributed by atoms with Crippen LogP contribution in [-0.2, 0) is 6.42 Å². The molecule has 3 aromatic rings. The monoisotopic (exact) mass is 394 g/mol. The summed E-state index contributed by atoms with van der Waals surface area (Å²) in [7, 11) is 0. The molecule has 1 aliphatic heterocycles. The predicted molar refractivity (Wildman–Crippen MR) is 109 cm³/mol. The third-order valence-electron chi connectivity index (χ3n) is 4.87. The molecule has 0 aliphatic carbocycles. The molecule has 0 unspecified atom stereocenters. The Hall–Kier alpha value is -3.29. The summed E-state index contributed by atoms with van der Waals surface area (Å²) < 4.78 is 15.6. The molecule has 1 fully saturated rings. The maximum atomic E-state index is 14.2. The van der Waals surface area contributed by atoms with Crippen molar-refractivity contribution in [1.29, 1.82) is 0 Å². The van der Waals surface area contributed by atoms with Crippen molar-refractivity contribution in [3.05, 3.63) is 60.1 Å². The first kappa shape index (κ1) is 19.0. The molecular weight excluding hydrogens is 371 g/mol. The smallest absolute Gasteiger partial charge is 0.295 e. The Morgan fingerprint density at radius 3 is 2.66 bits per heavy atom. The van der Waals surface area contributed by atoms with Gasteiger partial charge in [0.1, 0.15) is 23.1 Å². The van der Waals surface area contributed by atoms with Crippen LogP contribution in [0.4, 0.5) is 15.9 Å². The number of halogens is 1. The van der Waals surface area contributed by atoms with E-state index in [9.17, 15) is 9.18 Å². The Bertz CT molecular complexity index is 995. The topological polar surface area (TPSA) is 75.9 Å². The number of para-hydroxylation sites is 1. The number of aryl methyl sites for hydroxylation is 1. The molecule has 0 bridgehead atoms. The predicted octanol–water partition coefficient (Wildman–Crippen LogP) is 3.61. The lowest BCUT2D eigenvalue weighted by atomic mass is 10.3. The molecule has 1 amide bonds. The minimum atomic E-state index is -0.451. The number of anilines is 2. The van der Waals surface area contributed by atoms with E-state index in [4.69, 9.17) is 0 Å². The van der Waals surface area contributed by atoms with Crippen molar-refractivity contribution < 1.29 is 9.18 Å². The highest BCUT2D eigenvalue weighted by atomic mass is 19.1. The van der Waals surface area contributed by atoms with Gasteiger partial charge >= 0.3 is 0 Å². The maximum Gasteiger partial charge on any atom is 0.295 e. The number of carbonyl (C=O) groups excluding carboxylic acids is 1. The molecule has 7 nitrogen and oxygen atoms in total. The van der Waals surface area contributed by atoms with E-state index in [2.05, 4.69) is 25.3 Å². The second kappa shape index (κ2) is 8.38. The van der Waals surface area contributed by atoms with Gasteiger partial charge in [-0.05, 0) is 43.5 Å². The zero-order valence-corrected chi connectivity index (χ0v) is 16.3. The Balaban J connectivity index is 1.54. The number of aromatic nitrogens is 4. The summed E-state index contributed by atoms with van der Waals surface area (Å²) in [5.41, 5.74) is 0.844. The van der Waals surface area contributed by atoms with Crippen molar-refractivity contribution >= 4 is 17.4 Å². The Morgan fingerprint density at radius 1 is 1.17 bits per heavy atom. The first-order valence-electron chi connectivity index (χ1n) is 9.89. The minimum absolute atomic E-state index is 0.000299. The van der Waals surface area contributed by atoms with Crippen LogP contribution in [0.1, 0.15) is 42.6 Å². The fraction of sp³-hybridized carbons (Fsp3) is 0.333. The number of carbonyl (C=O) groups is 1. The highest BCUT2D eigenvalue weighted by molar-refractivity contribution is 6.01. The number of benzene rings is 1. The third kappa shape index (κ3) is 4.11. The Kier molecular flexibility index (Phi) is 5.50. The summed E-state index contributed by atoms with van der Waals surface area (Å²) in [4.78, 5) is 23.7. The zero-order chi connectivity index (χ0) is 20.2. The standard InChI is InChI=1S/C21H23FN6O/c1-2-7-19-25-20(26-28(19)17-9-4-3-8-16(17)22)21(29)24-15-10-11-18(23-14-15)27-12-5-6-13-27/h3-4,8-11,14H,2,5-7,12-13H2,1H3,(H,24,29). The number of pyridine rings is 1. The van der Waals surface area contributed by atoms with Gasteiger partial charge in [-0.3, -0.25) is 4.79 Å². The number of hydrogen-bond donors (Lipinski definition) is 1. The first-order chi connectivity index (χ1) is 14.2. The summed E-state index contributed by atoms with van der Waals surface area (Å²) in [6, 6.07) is 10.0. The van der Waals surface area contributed by atoms with Crippen LogP contribution in [0.15, 0.2) is 42.6 Å². The van der Waals surface area contributed by atoms with Gasteiger partial charge in [-0.15, -0.1) is 5.10 Å². The van der Waals surface area contributed by atoms with Gasteiger partial charge < -0.3 is 10.2 Å². The lowest BCUT2D eigenvalue weighted by Gasteiger charge is -2.16. The Labute approximate surface area is 168 Å². The molecule has 0 saturated carbocycles. The summed E-state index contributed by atoms with van der Waals surface area (Å²) in [5.74, 6) is 0.592. The highest BCUT2D eigenvalue weighted by Crippen LogP contribution is 2.20. The van der Waals surface area contributed by atoms with Crippen LogP contribution in [0.3, 0.4) is 0 Å². The molecule has 0 spiro atoms. The van der Waals surface area contributed by atoms with Crippen LogP contribution >= 0.6 is 0 Å². The molecule has 1 saturated heterocycles. The van der Waals surface area contributed by atoms with Gasteiger partial charge in [0, 0.05) is 19.5 Å². The third-order valence-corrected chi connectivity index (χ3v) is 4.87. The number of rotatable bonds is 6. The Morgan fingerprint density at radius 2 is 1.97 bits per heavy atom. The largest absolute Gasteiger partial charge is 0.357 e. The quantitative estimate of drug-likeness (QED) is 0.691. The number of nitrogens with one attached hydrogen (secondary N) is 1. The molecule has 8 heteroatoms. The second-order valence-corrected chi connectivity index (χ2v) is 7.02. The maximum absolute atomic E-state index is 14.2. The van der Waals surface area contributed by atoms with E-state index in [0.717, 1.165) is 25.3 Å². The number of nitrogens with zero attached hydrogens (tertiary/aromatic N) is 5. The van der Waals surface area contributed by atoms with Crippen molar-refractivity contribution in [3.63, 3.8) is 0 Å². The van der Waals surface area contributed by atoms with Crippen molar-refractivity contribution in [1.82, 2.24) is 19.7 Å². The molecule has 2 aromatic heterocycles. The van der Waals surface area contributed by atoms with Crippen LogP contribution in [0.5, 0.6) is 0 Å². The van der Waals surface area contributed by atoms with Crippen molar-refractivity contribution in [2.45, 2.75) is 32.6 Å². The van der Waals surface area contributed by atoms with Crippen LogP contribution in [-0.4, -0.2) is 38.7 Å². The van der Waals surface area contributed by atoms with Gasteiger partial charge in [0.15, 0.2) is 0 Å². The van der Waals surface area contributed by atoms with E-state index in [-0.39, 0.29) is 11.5 Å². The molecule has 1 aliphatic rings. The summed E-state index contributed by atoms with van der Waals surface area (Å²) in [5, 5.41) is 7.03. The fourth-order valence-electron chi connectivity index (χ4n) is 3.42. The fourth-order valence-corrected chi connectivity index (χ4v) is 3.42. The second-order valence-electron chi connectivity index (χ2n) is 7.02. The average molecular weight is 394 g/mol. The molecule has 1 N–H and O–H groups in total. The van der Waals surface area contributed by atoms with Crippen LogP contribution in [0.25, 0.3) is 5.69 Å². The zero-order valence-electron chi connectivity index (χ0n) is 16.3. The summed E-state index contributed by atoms with van der Waals surface area (Å²) in [6.07, 6.45) is 5.37. The molecule has 1 aromatic carbocycles. The van der Waals surface area contributed by atoms with Gasteiger partial charge in [0.25, 0.3) is 5.91 Å². The molecule has 4 rings (SSSR count). The summed E-state index contributed by atoms with van der Waals surface area (Å²) in [6.45, 7) is 4.01. The van der Waals surface area contributed by atoms with E-state index < -0.39 is 11.7 Å². The molecule has 0 atom stereocenters. The molecular formula is C21H23FN6O. The molecule has 150 valence electrons. The number of amides is 1. The summed E-state index contributed by atoms with van der Waals surface area (Å²) >= 11 is 0. The average Bonchev–Trinajstić information content (AvgIpc) is 3.40. The normalized spacial score (nSPS) is 13.7.